The molecule has 0 radical (unpaired) electrons. The van der Waals surface area contributed by atoms with Crippen LogP contribution in [0, 0.1) is 11.8 Å². The van der Waals surface area contributed by atoms with Crippen LogP contribution >= 0.6 is 0 Å². The van der Waals surface area contributed by atoms with Crippen molar-refractivity contribution >= 4 is 11.8 Å². The second kappa shape index (κ2) is 3.90. The number of rotatable bonds is 3. The second-order valence-electron chi connectivity index (χ2n) is 4.12. The predicted molar refractivity (Wildman–Crippen MR) is 52.9 cm³/mol. The molecular formula is C10H16N2O3. The van der Waals surface area contributed by atoms with E-state index in [1.807, 2.05) is 11.8 Å². The molecule has 15 heavy (non-hydrogen) atoms. The number of hydrogen-bond acceptors (Lipinski definition) is 4. The number of carbonyl (C=O) groups is 2. The summed E-state index contributed by atoms with van der Waals surface area (Å²) in [4.78, 5) is 26.9. The Hall–Kier alpha value is -0.940. The van der Waals surface area contributed by atoms with E-state index in [-0.39, 0.29) is 30.3 Å². The van der Waals surface area contributed by atoms with Crippen molar-refractivity contribution in [1.29, 1.82) is 0 Å². The van der Waals surface area contributed by atoms with Crippen LogP contribution in [-0.2, 0) is 9.59 Å². The van der Waals surface area contributed by atoms with Crippen LogP contribution in [0.5, 0.6) is 0 Å². The first-order chi connectivity index (χ1) is 7.19. The maximum atomic E-state index is 11.8. The number of hydrogen-bond donors (Lipinski definition) is 1. The van der Waals surface area contributed by atoms with E-state index in [0.29, 0.717) is 26.2 Å². The van der Waals surface area contributed by atoms with Crippen LogP contribution in [0.4, 0.5) is 0 Å². The molecule has 2 aliphatic heterocycles. The van der Waals surface area contributed by atoms with E-state index in [0.717, 1.165) is 0 Å². The van der Waals surface area contributed by atoms with E-state index in [4.69, 9.17) is 5.11 Å². The molecule has 2 rings (SSSR count). The number of nitrogens with zero attached hydrogens (tertiary/aromatic N) is 2. The highest BCUT2D eigenvalue weighted by molar-refractivity contribution is 6.05. The lowest BCUT2D eigenvalue weighted by Gasteiger charge is -2.18. The molecule has 1 N–H and O–H groups in total. The van der Waals surface area contributed by atoms with Crippen LogP contribution in [0.15, 0.2) is 0 Å². The highest BCUT2D eigenvalue weighted by atomic mass is 16.3. The molecule has 0 aliphatic carbocycles. The first kappa shape index (κ1) is 10.6. The zero-order chi connectivity index (χ0) is 11.0. The molecule has 84 valence electrons. The maximum Gasteiger partial charge on any atom is 0.234 e. The average Bonchev–Trinajstić information content (AvgIpc) is 2.70. The van der Waals surface area contributed by atoms with Crippen molar-refractivity contribution in [3.05, 3.63) is 0 Å². The molecule has 2 fully saturated rings. The van der Waals surface area contributed by atoms with Gasteiger partial charge in [0.15, 0.2) is 0 Å². The van der Waals surface area contributed by atoms with Crippen molar-refractivity contribution < 1.29 is 14.7 Å². The Kier molecular flexibility index (Phi) is 2.75. The van der Waals surface area contributed by atoms with Crippen LogP contribution in [0.25, 0.3) is 0 Å². The van der Waals surface area contributed by atoms with E-state index >= 15 is 0 Å². The maximum absolute atomic E-state index is 11.8. The summed E-state index contributed by atoms with van der Waals surface area (Å²) in [6.45, 7) is 4.17. The normalized spacial score (nSPS) is 31.5. The summed E-state index contributed by atoms with van der Waals surface area (Å²) in [5.41, 5.74) is 0. The molecule has 5 heteroatoms. The fourth-order valence-corrected chi connectivity index (χ4v) is 2.53. The van der Waals surface area contributed by atoms with Gasteiger partial charge >= 0.3 is 0 Å². The van der Waals surface area contributed by atoms with Crippen LogP contribution in [0.1, 0.15) is 6.92 Å². The Labute approximate surface area is 88.6 Å². The summed E-state index contributed by atoms with van der Waals surface area (Å²) in [6.07, 6.45) is 0. The molecule has 2 atom stereocenters. The highest BCUT2D eigenvalue weighted by Crippen LogP contribution is 2.32. The lowest BCUT2D eigenvalue weighted by atomic mass is 10.00. The molecule has 2 amide bonds. The van der Waals surface area contributed by atoms with Gasteiger partial charge in [-0.3, -0.25) is 19.4 Å². The molecule has 0 aromatic heterocycles. The third-order valence-corrected chi connectivity index (χ3v) is 3.29. The van der Waals surface area contributed by atoms with Crippen LogP contribution in [-0.4, -0.2) is 59.5 Å². The highest BCUT2D eigenvalue weighted by Gasteiger charge is 2.51. The van der Waals surface area contributed by atoms with Crippen molar-refractivity contribution in [2.75, 3.05) is 32.8 Å². The van der Waals surface area contributed by atoms with Crippen molar-refractivity contribution in [2.24, 2.45) is 11.8 Å². The Morgan fingerprint density at radius 2 is 1.80 bits per heavy atom. The molecule has 0 spiro atoms. The monoisotopic (exact) mass is 212 g/mol. The number of carbonyl (C=O) groups excluding carboxylic acids is 2. The van der Waals surface area contributed by atoms with Crippen LogP contribution in [0.2, 0.25) is 0 Å². The molecule has 5 nitrogen and oxygen atoms in total. The minimum atomic E-state index is -0.163. The Balaban J connectivity index is 2.08. The van der Waals surface area contributed by atoms with E-state index in [1.54, 1.807) is 0 Å². The van der Waals surface area contributed by atoms with E-state index in [9.17, 15) is 9.59 Å². The molecule has 0 aromatic rings. The zero-order valence-electron chi connectivity index (χ0n) is 8.85. The molecule has 2 saturated heterocycles. The van der Waals surface area contributed by atoms with Crippen LogP contribution in [0.3, 0.4) is 0 Å². The smallest absolute Gasteiger partial charge is 0.234 e. The van der Waals surface area contributed by atoms with E-state index in [1.165, 1.54) is 4.90 Å². The summed E-state index contributed by atoms with van der Waals surface area (Å²) in [5, 5.41) is 8.80. The topological polar surface area (TPSA) is 60.9 Å². The zero-order valence-corrected chi connectivity index (χ0v) is 8.85. The number of β-amino-alcohol motifs (C(OH)–C–C–N with tert-alkyl or cyclic N) is 1. The van der Waals surface area contributed by atoms with Crippen molar-refractivity contribution in [2.45, 2.75) is 6.92 Å². The average molecular weight is 212 g/mol. The quantitative estimate of drug-likeness (QED) is 0.604. The number of fused-ring (bicyclic) bond motifs is 1. The number of imide groups is 1. The number of likely N-dealkylation sites (tertiary alicyclic amines) is 2. The van der Waals surface area contributed by atoms with Gasteiger partial charge in [-0.25, -0.2) is 0 Å². The van der Waals surface area contributed by atoms with E-state index < -0.39 is 0 Å². The molecule has 0 bridgehead atoms. The minimum absolute atomic E-state index is 0.0343. The van der Waals surface area contributed by atoms with Gasteiger partial charge in [-0.2, -0.15) is 0 Å². The molecule has 0 saturated carbocycles. The number of aliphatic hydroxyl groups excluding tert-OH is 1. The van der Waals surface area contributed by atoms with Crippen LogP contribution < -0.4 is 0 Å². The number of amides is 2. The van der Waals surface area contributed by atoms with E-state index in [2.05, 4.69) is 0 Å². The number of aliphatic hydroxyl groups is 1. The third kappa shape index (κ3) is 1.55. The van der Waals surface area contributed by atoms with Gasteiger partial charge in [-0.05, 0) is 6.92 Å². The minimum Gasteiger partial charge on any atom is -0.395 e. The molecule has 2 aliphatic rings. The molecule has 0 unspecified atom stereocenters. The van der Waals surface area contributed by atoms with Gasteiger partial charge in [0.05, 0.1) is 18.4 Å². The SMILES string of the molecule is CCN1C(=O)[C@H]2CN(CCO)C[C@H]2C1=O. The standard InChI is InChI=1S/C10H16N2O3/c1-2-12-9(14)7-5-11(3-4-13)6-8(7)10(12)15/h7-8,13H,2-6H2,1H3/t7-,8+. The summed E-state index contributed by atoms with van der Waals surface area (Å²) in [7, 11) is 0. The molecular weight excluding hydrogens is 196 g/mol. The van der Waals surface area contributed by atoms with Gasteiger partial charge in [0.25, 0.3) is 0 Å². The Morgan fingerprint density at radius 1 is 1.27 bits per heavy atom. The third-order valence-electron chi connectivity index (χ3n) is 3.29. The first-order valence-electron chi connectivity index (χ1n) is 5.37. The van der Waals surface area contributed by atoms with Gasteiger partial charge in [0, 0.05) is 26.2 Å². The summed E-state index contributed by atoms with van der Waals surface area (Å²) < 4.78 is 0. The van der Waals surface area contributed by atoms with Crippen molar-refractivity contribution in [1.82, 2.24) is 9.80 Å². The first-order valence-corrected chi connectivity index (χ1v) is 5.37. The molecule has 0 aromatic carbocycles. The second-order valence-corrected chi connectivity index (χ2v) is 4.12. The lowest BCUT2D eigenvalue weighted by molar-refractivity contribution is -0.140. The van der Waals surface area contributed by atoms with Gasteiger partial charge < -0.3 is 5.11 Å². The predicted octanol–water partition coefficient (Wildman–Crippen LogP) is -1.08. The largest absolute Gasteiger partial charge is 0.395 e. The fraction of sp³-hybridized carbons (Fsp3) is 0.800. The van der Waals surface area contributed by atoms with Gasteiger partial charge in [0.2, 0.25) is 11.8 Å². The summed E-state index contributed by atoms with van der Waals surface area (Å²) in [5.74, 6) is -0.395. The Morgan fingerprint density at radius 3 is 2.20 bits per heavy atom. The fourth-order valence-electron chi connectivity index (χ4n) is 2.53. The van der Waals surface area contributed by atoms with Crippen molar-refractivity contribution in [3.8, 4) is 0 Å². The summed E-state index contributed by atoms with van der Waals surface area (Å²) in [6, 6.07) is 0. The van der Waals surface area contributed by atoms with Gasteiger partial charge in [-0.1, -0.05) is 0 Å². The summed E-state index contributed by atoms with van der Waals surface area (Å²) >= 11 is 0. The van der Waals surface area contributed by atoms with Gasteiger partial charge in [-0.15, -0.1) is 0 Å². The van der Waals surface area contributed by atoms with Gasteiger partial charge in [0.1, 0.15) is 0 Å². The Bertz CT molecular complexity index is 268. The van der Waals surface area contributed by atoms with Crippen molar-refractivity contribution in [3.63, 3.8) is 0 Å². The lowest BCUT2D eigenvalue weighted by Crippen LogP contribution is -2.36. The molecule has 2 heterocycles.